The molecular formula is C15H22O2. The first kappa shape index (κ1) is 12.6. The Morgan fingerprint density at radius 2 is 1.88 bits per heavy atom. The van der Waals surface area contributed by atoms with Gasteiger partial charge in [-0.1, -0.05) is 29.3 Å². The Morgan fingerprint density at radius 3 is 2.41 bits per heavy atom. The molecule has 1 aliphatic heterocycles. The van der Waals surface area contributed by atoms with Crippen LogP contribution in [0.15, 0.2) is 18.2 Å². The van der Waals surface area contributed by atoms with Crippen LogP contribution in [0.25, 0.3) is 0 Å². The molecular weight excluding hydrogens is 212 g/mol. The van der Waals surface area contributed by atoms with E-state index in [1.54, 1.807) is 0 Å². The van der Waals surface area contributed by atoms with Crippen molar-refractivity contribution in [2.45, 2.75) is 58.3 Å². The molecule has 0 bridgehead atoms. The van der Waals surface area contributed by atoms with E-state index in [1.807, 2.05) is 0 Å². The summed E-state index contributed by atoms with van der Waals surface area (Å²) in [7, 11) is 0. The van der Waals surface area contributed by atoms with Crippen molar-refractivity contribution in [1.29, 1.82) is 0 Å². The zero-order valence-corrected chi connectivity index (χ0v) is 10.9. The fourth-order valence-corrected chi connectivity index (χ4v) is 2.68. The molecule has 1 N–H and O–H groups in total. The van der Waals surface area contributed by atoms with Gasteiger partial charge in [0.25, 0.3) is 0 Å². The van der Waals surface area contributed by atoms with Gasteiger partial charge in [0, 0.05) is 6.42 Å². The molecule has 0 aliphatic carbocycles. The fourth-order valence-electron chi connectivity index (χ4n) is 2.68. The molecule has 1 aromatic carbocycles. The number of hydrogen-bond acceptors (Lipinski definition) is 2. The van der Waals surface area contributed by atoms with Crippen LogP contribution in [0, 0.1) is 13.8 Å². The molecule has 1 saturated heterocycles. The van der Waals surface area contributed by atoms with Gasteiger partial charge in [-0.2, -0.15) is 0 Å². The molecule has 1 fully saturated rings. The highest BCUT2D eigenvalue weighted by molar-refractivity contribution is 5.29. The van der Waals surface area contributed by atoms with E-state index in [0.717, 1.165) is 12.8 Å². The highest BCUT2D eigenvalue weighted by Crippen LogP contribution is 2.24. The largest absolute Gasteiger partial charge is 0.390 e. The van der Waals surface area contributed by atoms with Gasteiger partial charge in [0.2, 0.25) is 0 Å². The lowest BCUT2D eigenvalue weighted by Gasteiger charge is -2.18. The smallest absolute Gasteiger partial charge is 0.0842 e. The van der Waals surface area contributed by atoms with Crippen molar-refractivity contribution in [3.05, 3.63) is 34.9 Å². The van der Waals surface area contributed by atoms with E-state index in [1.165, 1.54) is 16.7 Å². The molecule has 2 heteroatoms. The van der Waals surface area contributed by atoms with Gasteiger partial charge in [0.05, 0.1) is 18.3 Å². The van der Waals surface area contributed by atoms with Crippen molar-refractivity contribution < 1.29 is 9.84 Å². The monoisotopic (exact) mass is 234 g/mol. The Hall–Kier alpha value is -0.860. The van der Waals surface area contributed by atoms with Crippen LogP contribution < -0.4 is 0 Å². The summed E-state index contributed by atoms with van der Waals surface area (Å²) in [6.45, 7) is 6.26. The van der Waals surface area contributed by atoms with E-state index in [4.69, 9.17) is 4.74 Å². The van der Waals surface area contributed by atoms with Gasteiger partial charge < -0.3 is 9.84 Å². The molecule has 0 aromatic heterocycles. The standard InChI is InChI=1S/C15H22O2/c1-10-6-11(2)8-13(7-10)9-14(16)15-5-4-12(3)17-15/h6-8,12,14-16H,4-5,9H2,1-3H3. The van der Waals surface area contributed by atoms with Gasteiger partial charge in [-0.15, -0.1) is 0 Å². The highest BCUT2D eigenvalue weighted by Gasteiger charge is 2.28. The first-order chi connectivity index (χ1) is 8.04. The van der Waals surface area contributed by atoms with Gasteiger partial charge in [-0.25, -0.2) is 0 Å². The summed E-state index contributed by atoms with van der Waals surface area (Å²) in [6, 6.07) is 6.45. The summed E-state index contributed by atoms with van der Waals surface area (Å²) in [6.07, 6.45) is 2.68. The van der Waals surface area contributed by atoms with Gasteiger partial charge in [0.1, 0.15) is 0 Å². The lowest BCUT2D eigenvalue weighted by molar-refractivity contribution is -0.0278. The number of rotatable bonds is 3. The SMILES string of the molecule is Cc1cc(C)cc(CC(O)C2CCC(C)O2)c1. The van der Waals surface area contributed by atoms with Crippen LogP contribution in [0.4, 0.5) is 0 Å². The lowest BCUT2D eigenvalue weighted by Crippen LogP contribution is -2.28. The number of hydrogen-bond donors (Lipinski definition) is 1. The zero-order valence-electron chi connectivity index (χ0n) is 10.9. The van der Waals surface area contributed by atoms with Gasteiger partial charge in [-0.05, 0) is 39.2 Å². The molecule has 1 aliphatic rings. The summed E-state index contributed by atoms with van der Waals surface area (Å²) in [5, 5.41) is 10.2. The first-order valence-corrected chi connectivity index (χ1v) is 6.45. The van der Waals surface area contributed by atoms with Gasteiger partial charge in [0.15, 0.2) is 0 Å². The van der Waals surface area contributed by atoms with E-state index in [0.29, 0.717) is 12.5 Å². The summed E-state index contributed by atoms with van der Waals surface area (Å²) in [5.74, 6) is 0. The average molecular weight is 234 g/mol. The molecule has 1 heterocycles. The third kappa shape index (κ3) is 3.30. The van der Waals surface area contributed by atoms with Crippen LogP contribution in [0.1, 0.15) is 36.5 Å². The van der Waals surface area contributed by atoms with Crippen LogP contribution >= 0.6 is 0 Å². The highest BCUT2D eigenvalue weighted by atomic mass is 16.5. The predicted octanol–water partition coefficient (Wildman–Crippen LogP) is 2.77. The third-order valence-corrected chi connectivity index (χ3v) is 3.42. The number of aryl methyl sites for hydroxylation is 2. The number of benzene rings is 1. The zero-order chi connectivity index (χ0) is 12.4. The normalized spacial score (nSPS) is 26.1. The van der Waals surface area contributed by atoms with Gasteiger partial charge >= 0.3 is 0 Å². The Morgan fingerprint density at radius 1 is 1.24 bits per heavy atom. The van der Waals surface area contributed by atoms with Crippen LogP contribution in [-0.4, -0.2) is 23.4 Å². The lowest BCUT2D eigenvalue weighted by atomic mass is 9.99. The molecule has 3 unspecified atom stereocenters. The molecule has 0 radical (unpaired) electrons. The molecule has 2 rings (SSSR count). The molecule has 0 saturated carbocycles. The quantitative estimate of drug-likeness (QED) is 0.871. The van der Waals surface area contributed by atoms with E-state index >= 15 is 0 Å². The number of aliphatic hydroxyl groups excluding tert-OH is 1. The van der Waals surface area contributed by atoms with Crippen molar-refractivity contribution in [3.63, 3.8) is 0 Å². The van der Waals surface area contributed by atoms with Crippen LogP contribution in [0.2, 0.25) is 0 Å². The maximum atomic E-state index is 10.2. The fraction of sp³-hybridized carbons (Fsp3) is 0.600. The molecule has 0 amide bonds. The molecule has 17 heavy (non-hydrogen) atoms. The summed E-state index contributed by atoms with van der Waals surface area (Å²) >= 11 is 0. The van der Waals surface area contributed by atoms with Crippen LogP contribution in [-0.2, 0) is 11.2 Å². The third-order valence-electron chi connectivity index (χ3n) is 3.42. The van der Waals surface area contributed by atoms with Crippen LogP contribution in [0.3, 0.4) is 0 Å². The summed E-state index contributed by atoms with van der Waals surface area (Å²) in [5.41, 5.74) is 3.72. The first-order valence-electron chi connectivity index (χ1n) is 6.45. The van der Waals surface area contributed by atoms with Gasteiger partial charge in [-0.3, -0.25) is 0 Å². The van der Waals surface area contributed by atoms with Crippen molar-refractivity contribution in [2.24, 2.45) is 0 Å². The maximum absolute atomic E-state index is 10.2. The average Bonchev–Trinajstić information content (AvgIpc) is 2.63. The van der Waals surface area contributed by atoms with E-state index in [2.05, 4.69) is 39.0 Å². The van der Waals surface area contributed by atoms with E-state index in [9.17, 15) is 5.11 Å². The Balaban J connectivity index is 2.00. The minimum Gasteiger partial charge on any atom is -0.390 e. The molecule has 0 spiro atoms. The van der Waals surface area contributed by atoms with E-state index < -0.39 is 0 Å². The Bertz CT molecular complexity index is 366. The second kappa shape index (κ2) is 5.19. The van der Waals surface area contributed by atoms with Crippen molar-refractivity contribution in [3.8, 4) is 0 Å². The number of ether oxygens (including phenoxy) is 1. The topological polar surface area (TPSA) is 29.5 Å². The Labute approximate surface area is 104 Å². The second-order valence-electron chi connectivity index (χ2n) is 5.33. The molecule has 2 nitrogen and oxygen atoms in total. The molecule has 94 valence electrons. The maximum Gasteiger partial charge on any atom is 0.0842 e. The number of aliphatic hydroxyl groups is 1. The van der Waals surface area contributed by atoms with E-state index in [-0.39, 0.29) is 12.2 Å². The minimum atomic E-state index is -0.374. The Kier molecular flexibility index (Phi) is 3.85. The van der Waals surface area contributed by atoms with Crippen molar-refractivity contribution >= 4 is 0 Å². The summed E-state index contributed by atoms with van der Waals surface area (Å²) in [4.78, 5) is 0. The summed E-state index contributed by atoms with van der Waals surface area (Å²) < 4.78 is 5.71. The van der Waals surface area contributed by atoms with Crippen molar-refractivity contribution in [1.82, 2.24) is 0 Å². The molecule has 3 atom stereocenters. The predicted molar refractivity (Wildman–Crippen MR) is 69.2 cm³/mol. The second-order valence-corrected chi connectivity index (χ2v) is 5.33. The molecule has 1 aromatic rings. The van der Waals surface area contributed by atoms with Crippen molar-refractivity contribution in [2.75, 3.05) is 0 Å². The van der Waals surface area contributed by atoms with Crippen LogP contribution in [0.5, 0.6) is 0 Å². The minimum absolute atomic E-state index is 0.0193.